The SMILES string of the molecule is CC(=O)Nc1cc(-c2cccc(CO[C@@H]3CCN(C)C3)c2)nc(-n2nc(C)cc2C)n1. The van der Waals surface area contributed by atoms with Crippen LogP contribution in [0.25, 0.3) is 17.2 Å². The Hall–Kier alpha value is -3.10. The van der Waals surface area contributed by atoms with Crippen LogP contribution in [0, 0.1) is 13.8 Å². The van der Waals surface area contributed by atoms with Crippen molar-refractivity contribution in [1.82, 2.24) is 24.6 Å². The molecule has 1 aliphatic rings. The van der Waals surface area contributed by atoms with Crippen LogP contribution < -0.4 is 5.32 Å². The summed E-state index contributed by atoms with van der Waals surface area (Å²) in [6.07, 6.45) is 1.34. The lowest BCUT2D eigenvalue weighted by Gasteiger charge is -2.13. The first-order chi connectivity index (χ1) is 14.9. The molecule has 0 aliphatic carbocycles. The molecule has 8 heteroatoms. The second kappa shape index (κ2) is 8.95. The van der Waals surface area contributed by atoms with Crippen molar-refractivity contribution in [3.63, 3.8) is 0 Å². The summed E-state index contributed by atoms with van der Waals surface area (Å²) in [5.41, 5.74) is 4.53. The summed E-state index contributed by atoms with van der Waals surface area (Å²) in [6, 6.07) is 11.9. The largest absolute Gasteiger partial charge is 0.372 e. The number of carbonyl (C=O) groups is 1. The minimum absolute atomic E-state index is 0.187. The fraction of sp³-hybridized carbons (Fsp3) is 0.391. The third-order valence-electron chi connectivity index (χ3n) is 5.27. The van der Waals surface area contributed by atoms with Gasteiger partial charge < -0.3 is 15.0 Å². The molecule has 162 valence electrons. The molecule has 1 atom stereocenters. The molecule has 0 bridgehead atoms. The lowest BCUT2D eigenvalue weighted by Crippen LogP contribution is -2.18. The van der Waals surface area contributed by atoms with Crippen LogP contribution in [0.2, 0.25) is 0 Å². The number of aromatic nitrogens is 4. The monoisotopic (exact) mass is 420 g/mol. The number of anilines is 1. The van der Waals surface area contributed by atoms with Crippen LogP contribution >= 0.6 is 0 Å². The molecule has 0 spiro atoms. The normalized spacial score (nSPS) is 16.6. The molecule has 1 fully saturated rings. The van der Waals surface area contributed by atoms with Crippen molar-refractivity contribution >= 4 is 11.7 Å². The van der Waals surface area contributed by atoms with Gasteiger partial charge in [0.25, 0.3) is 5.95 Å². The van der Waals surface area contributed by atoms with E-state index in [4.69, 9.17) is 9.72 Å². The molecule has 3 heterocycles. The number of carbonyl (C=O) groups excluding carboxylic acids is 1. The summed E-state index contributed by atoms with van der Waals surface area (Å²) in [5.74, 6) is 0.672. The lowest BCUT2D eigenvalue weighted by atomic mass is 10.1. The molecule has 3 aromatic rings. The van der Waals surface area contributed by atoms with Crippen molar-refractivity contribution in [2.45, 2.75) is 39.9 Å². The maximum Gasteiger partial charge on any atom is 0.253 e. The number of rotatable bonds is 6. The van der Waals surface area contributed by atoms with Crippen LogP contribution in [0.15, 0.2) is 36.4 Å². The number of hydrogen-bond acceptors (Lipinski definition) is 6. The van der Waals surface area contributed by atoms with Gasteiger partial charge >= 0.3 is 0 Å². The number of nitrogens with one attached hydrogen (secondary N) is 1. The van der Waals surface area contributed by atoms with E-state index in [0.29, 0.717) is 24.1 Å². The Kier molecular flexibility index (Phi) is 6.11. The minimum Gasteiger partial charge on any atom is -0.372 e. The van der Waals surface area contributed by atoms with Crippen LogP contribution in [0.1, 0.15) is 30.3 Å². The molecule has 0 radical (unpaired) electrons. The van der Waals surface area contributed by atoms with Crippen molar-refractivity contribution in [2.75, 3.05) is 25.5 Å². The average molecular weight is 421 g/mol. The molecule has 8 nitrogen and oxygen atoms in total. The Morgan fingerprint density at radius 1 is 1.23 bits per heavy atom. The maximum absolute atomic E-state index is 11.7. The summed E-state index contributed by atoms with van der Waals surface area (Å²) < 4.78 is 7.78. The number of hydrogen-bond donors (Lipinski definition) is 1. The Bertz CT molecular complexity index is 1090. The van der Waals surface area contributed by atoms with Gasteiger partial charge in [-0.05, 0) is 45.0 Å². The Labute approximate surface area is 182 Å². The molecule has 1 saturated heterocycles. The van der Waals surface area contributed by atoms with Gasteiger partial charge in [-0.15, -0.1) is 0 Å². The maximum atomic E-state index is 11.7. The molecule has 2 aromatic heterocycles. The average Bonchev–Trinajstić information content (AvgIpc) is 3.30. The second-order valence-corrected chi connectivity index (χ2v) is 8.14. The molecule has 1 N–H and O–H groups in total. The Morgan fingerprint density at radius 3 is 2.74 bits per heavy atom. The number of aryl methyl sites for hydroxylation is 2. The number of benzene rings is 1. The van der Waals surface area contributed by atoms with Crippen LogP contribution in [0.4, 0.5) is 5.82 Å². The van der Waals surface area contributed by atoms with E-state index in [0.717, 1.165) is 42.0 Å². The molecule has 31 heavy (non-hydrogen) atoms. The summed E-state index contributed by atoms with van der Waals surface area (Å²) in [6.45, 7) is 7.94. The second-order valence-electron chi connectivity index (χ2n) is 8.14. The van der Waals surface area contributed by atoms with Gasteiger partial charge in [-0.2, -0.15) is 10.1 Å². The van der Waals surface area contributed by atoms with Crippen molar-refractivity contribution in [3.8, 4) is 17.2 Å². The zero-order valence-corrected chi connectivity index (χ0v) is 18.4. The van der Waals surface area contributed by atoms with E-state index >= 15 is 0 Å². The molecule has 1 aromatic carbocycles. The molecular weight excluding hydrogens is 392 g/mol. The number of amides is 1. The van der Waals surface area contributed by atoms with E-state index in [1.165, 1.54) is 6.92 Å². The van der Waals surface area contributed by atoms with Gasteiger partial charge in [0.15, 0.2) is 0 Å². The van der Waals surface area contributed by atoms with E-state index in [-0.39, 0.29) is 12.0 Å². The van der Waals surface area contributed by atoms with E-state index in [1.54, 1.807) is 10.7 Å². The van der Waals surface area contributed by atoms with Gasteiger partial charge in [0.2, 0.25) is 5.91 Å². The number of nitrogens with zero attached hydrogens (tertiary/aromatic N) is 5. The van der Waals surface area contributed by atoms with E-state index < -0.39 is 0 Å². The van der Waals surface area contributed by atoms with E-state index in [9.17, 15) is 4.79 Å². The third-order valence-corrected chi connectivity index (χ3v) is 5.27. The topological polar surface area (TPSA) is 85.2 Å². The van der Waals surface area contributed by atoms with Gasteiger partial charge in [0.1, 0.15) is 5.82 Å². The van der Waals surface area contributed by atoms with Gasteiger partial charge in [0, 0.05) is 37.3 Å². The number of ether oxygens (including phenoxy) is 1. The first-order valence-electron chi connectivity index (χ1n) is 10.5. The summed E-state index contributed by atoms with van der Waals surface area (Å²) in [4.78, 5) is 23.2. The van der Waals surface area contributed by atoms with Crippen molar-refractivity contribution in [2.24, 2.45) is 0 Å². The fourth-order valence-corrected chi connectivity index (χ4v) is 3.82. The lowest BCUT2D eigenvalue weighted by molar-refractivity contribution is -0.114. The Morgan fingerprint density at radius 2 is 2.06 bits per heavy atom. The molecule has 0 saturated carbocycles. The van der Waals surface area contributed by atoms with Gasteiger partial charge in [-0.25, -0.2) is 9.67 Å². The summed E-state index contributed by atoms with van der Waals surface area (Å²) >= 11 is 0. The highest BCUT2D eigenvalue weighted by atomic mass is 16.5. The zero-order chi connectivity index (χ0) is 22.0. The number of likely N-dealkylation sites (tertiary alicyclic amines) is 1. The highest BCUT2D eigenvalue weighted by Crippen LogP contribution is 2.24. The zero-order valence-electron chi connectivity index (χ0n) is 18.4. The quantitative estimate of drug-likeness (QED) is 0.660. The van der Waals surface area contributed by atoms with Crippen LogP contribution in [-0.2, 0) is 16.1 Å². The van der Waals surface area contributed by atoms with Crippen molar-refractivity contribution < 1.29 is 9.53 Å². The van der Waals surface area contributed by atoms with Crippen LogP contribution in [0.3, 0.4) is 0 Å². The highest BCUT2D eigenvalue weighted by Gasteiger charge is 2.20. The molecule has 1 aliphatic heterocycles. The van der Waals surface area contributed by atoms with Gasteiger partial charge in [-0.3, -0.25) is 4.79 Å². The Balaban J connectivity index is 1.64. The van der Waals surface area contributed by atoms with Crippen molar-refractivity contribution in [3.05, 3.63) is 53.3 Å². The third kappa shape index (κ3) is 5.15. The van der Waals surface area contributed by atoms with Crippen LogP contribution in [-0.4, -0.2) is 56.8 Å². The van der Waals surface area contributed by atoms with Gasteiger partial charge in [0.05, 0.1) is 24.1 Å². The highest BCUT2D eigenvalue weighted by molar-refractivity contribution is 5.88. The van der Waals surface area contributed by atoms with E-state index in [1.807, 2.05) is 32.0 Å². The summed E-state index contributed by atoms with van der Waals surface area (Å²) in [7, 11) is 2.12. The fourth-order valence-electron chi connectivity index (χ4n) is 3.82. The first kappa shape index (κ1) is 21.1. The molecule has 1 amide bonds. The number of likely N-dealkylation sites (N-methyl/N-ethyl adjacent to an activating group) is 1. The smallest absolute Gasteiger partial charge is 0.253 e. The van der Waals surface area contributed by atoms with Gasteiger partial charge in [-0.1, -0.05) is 18.2 Å². The van der Waals surface area contributed by atoms with E-state index in [2.05, 4.69) is 39.5 Å². The molecular formula is C23H28N6O2. The molecule has 0 unspecified atom stereocenters. The van der Waals surface area contributed by atoms with Crippen LogP contribution in [0.5, 0.6) is 0 Å². The predicted octanol–water partition coefficient (Wildman–Crippen LogP) is 3.13. The minimum atomic E-state index is -0.187. The summed E-state index contributed by atoms with van der Waals surface area (Å²) in [5, 5.41) is 7.26. The predicted molar refractivity (Wildman–Crippen MR) is 119 cm³/mol. The molecule has 4 rings (SSSR count). The van der Waals surface area contributed by atoms with Crippen molar-refractivity contribution in [1.29, 1.82) is 0 Å². The first-order valence-corrected chi connectivity index (χ1v) is 10.5. The standard InChI is InChI=1S/C23H28N6O2/c1-15-10-16(2)29(27-15)23-25-21(12-22(26-23)24-17(3)30)19-7-5-6-18(11-19)14-31-20-8-9-28(4)13-20/h5-7,10-12,20H,8-9,13-14H2,1-4H3,(H,24,25,26,30)/t20-/m1/s1.